The van der Waals surface area contributed by atoms with Crippen molar-refractivity contribution >= 4 is 11.9 Å². The fourth-order valence-electron chi connectivity index (χ4n) is 1.48. The van der Waals surface area contributed by atoms with Gasteiger partial charge in [-0.25, -0.2) is 0 Å². The number of carbonyl (C=O) groups is 2. The largest absolute Gasteiger partial charge is 0.481 e. The average molecular weight is 263 g/mol. The molecular formula is C12H25NO5. The summed E-state index contributed by atoms with van der Waals surface area (Å²) in [6.07, 6.45) is 6.09. The van der Waals surface area contributed by atoms with Gasteiger partial charge in [-0.15, -0.1) is 0 Å². The number of esters is 1. The van der Waals surface area contributed by atoms with E-state index in [2.05, 4.69) is 0 Å². The maximum atomic E-state index is 11.0. The Labute approximate surface area is 108 Å². The van der Waals surface area contributed by atoms with Crippen molar-refractivity contribution in [3.05, 3.63) is 0 Å². The molecule has 0 fully saturated rings. The minimum Gasteiger partial charge on any atom is -0.481 e. The minimum atomic E-state index is -0.739. The molecule has 0 aliphatic carbocycles. The fraction of sp³-hybridized carbons (Fsp3) is 0.833. The van der Waals surface area contributed by atoms with Crippen molar-refractivity contribution < 1.29 is 24.5 Å². The summed E-state index contributed by atoms with van der Waals surface area (Å²) in [6, 6.07) is 0. The lowest BCUT2D eigenvalue weighted by Gasteiger charge is -2.02. The number of hydrogen-bond acceptors (Lipinski definition) is 5. The molecule has 0 amide bonds. The SMILES string of the molecule is N.O=C(O)CCCCCCCCC(=O)OCCO. The van der Waals surface area contributed by atoms with Gasteiger partial charge in [0.1, 0.15) is 6.61 Å². The van der Waals surface area contributed by atoms with Crippen LogP contribution in [-0.2, 0) is 14.3 Å². The molecule has 0 bridgehead atoms. The lowest BCUT2D eigenvalue weighted by atomic mass is 10.1. The Balaban J connectivity index is 0. The molecule has 0 radical (unpaired) electrons. The van der Waals surface area contributed by atoms with Gasteiger partial charge in [0.2, 0.25) is 0 Å². The van der Waals surface area contributed by atoms with Crippen molar-refractivity contribution in [3.8, 4) is 0 Å². The molecule has 0 rings (SSSR count). The Hall–Kier alpha value is -1.14. The molecule has 0 aromatic rings. The summed E-state index contributed by atoms with van der Waals surface area (Å²) in [5.74, 6) is -0.999. The number of aliphatic carboxylic acids is 1. The van der Waals surface area contributed by atoms with Crippen LogP contribution < -0.4 is 6.15 Å². The zero-order valence-corrected chi connectivity index (χ0v) is 10.9. The van der Waals surface area contributed by atoms with Gasteiger partial charge in [0.25, 0.3) is 0 Å². The quantitative estimate of drug-likeness (QED) is 0.387. The van der Waals surface area contributed by atoms with Crippen LogP contribution in [-0.4, -0.2) is 35.4 Å². The van der Waals surface area contributed by atoms with Crippen LogP contribution in [0.5, 0.6) is 0 Å². The first-order chi connectivity index (χ1) is 8.16. The van der Waals surface area contributed by atoms with Crippen LogP contribution in [0.4, 0.5) is 0 Å². The molecule has 0 heterocycles. The van der Waals surface area contributed by atoms with E-state index in [0.717, 1.165) is 38.5 Å². The standard InChI is InChI=1S/C12H22O5.H3N/c13-9-10-17-12(16)8-6-4-2-1-3-5-7-11(14)15;/h13H,1-10H2,(H,14,15);1H3. The molecule has 0 spiro atoms. The highest BCUT2D eigenvalue weighted by atomic mass is 16.5. The molecule has 0 aliphatic heterocycles. The number of aliphatic hydroxyl groups excluding tert-OH is 1. The van der Waals surface area contributed by atoms with Crippen LogP contribution >= 0.6 is 0 Å². The first kappa shape index (κ1) is 19.2. The molecule has 0 aromatic carbocycles. The van der Waals surface area contributed by atoms with E-state index < -0.39 is 5.97 Å². The summed E-state index contributed by atoms with van der Waals surface area (Å²) >= 11 is 0. The second-order valence-corrected chi connectivity index (χ2v) is 3.96. The van der Waals surface area contributed by atoms with Crippen molar-refractivity contribution in [1.82, 2.24) is 6.15 Å². The second-order valence-electron chi connectivity index (χ2n) is 3.96. The number of carboxylic acids is 1. The number of hydrogen-bond donors (Lipinski definition) is 3. The predicted molar refractivity (Wildman–Crippen MR) is 67.6 cm³/mol. The third-order valence-corrected chi connectivity index (χ3v) is 2.38. The average Bonchev–Trinajstić information content (AvgIpc) is 2.29. The van der Waals surface area contributed by atoms with E-state index in [0.29, 0.717) is 6.42 Å². The van der Waals surface area contributed by atoms with Crippen molar-refractivity contribution in [2.24, 2.45) is 0 Å². The van der Waals surface area contributed by atoms with Crippen LogP contribution in [0.1, 0.15) is 51.4 Å². The highest BCUT2D eigenvalue weighted by Crippen LogP contribution is 2.08. The lowest BCUT2D eigenvalue weighted by molar-refractivity contribution is -0.144. The molecule has 6 nitrogen and oxygen atoms in total. The number of carboxylic acid groups (broad SMARTS) is 1. The summed E-state index contributed by atoms with van der Waals surface area (Å²) in [6.45, 7) is -0.0522. The molecule has 0 saturated heterocycles. The Bertz CT molecular complexity index is 221. The lowest BCUT2D eigenvalue weighted by Crippen LogP contribution is -2.07. The van der Waals surface area contributed by atoms with Gasteiger partial charge in [-0.2, -0.15) is 0 Å². The normalized spacial score (nSPS) is 9.61. The minimum absolute atomic E-state index is 0. The maximum absolute atomic E-state index is 11.0. The number of rotatable bonds is 11. The smallest absolute Gasteiger partial charge is 0.305 e. The first-order valence-electron chi connectivity index (χ1n) is 6.15. The third-order valence-electron chi connectivity index (χ3n) is 2.38. The monoisotopic (exact) mass is 263 g/mol. The van der Waals surface area contributed by atoms with Crippen LogP contribution in [0.15, 0.2) is 0 Å². The van der Waals surface area contributed by atoms with Gasteiger partial charge in [-0.3, -0.25) is 9.59 Å². The summed E-state index contributed by atoms with van der Waals surface area (Å²) in [7, 11) is 0. The van der Waals surface area contributed by atoms with Crippen molar-refractivity contribution in [2.45, 2.75) is 51.4 Å². The van der Waals surface area contributed by atoms with E-state index >= 15 is 0 Å². The van der Waals surface area contributed by atoms with E-state index in [1.54, 1.807) is 0 Å². The van der Waals surface area contributed by atoms with E-state index in [-0.39, 0.29) is 31.8 Å². The highest BCUT2D eigenvalue weighted by Gasteiger charge is 2.01. The molecule has 0 atom stereocenters. The molecule has 0 unspecified atom stereocenters. The molecule has 0 aliphatic rings. The molecule has 18 heavy (non-hydrogen) atoms. The van der Waals surface area contributed by atoms with Gasteiger partial charge in [-0.05, 0) is 12.8 Å². The van der Waals surface area contributed by atoms with Gasteiger partial charge in [0.05, 0.1) is 6.61 Å². The van der Waals surface area contributed by atoms with Crippen molar-refractivity contribution in [2.75, 3.05) is 13.2 Å². The second kappa shape index (κ2) is 13.9. The van der Waals surface area contributed by atoms with Crippen molar-refractivity contribution in [1.29, 1.82) is 0 Å². The predicted octanol–water partition coefficient (Wildman–Crippen LogP) is 1.89. The summed E-state index contributed by atoms with van der Waals surface area (Å²) in [4.78, 5) is 21.2. The zero-order valence-electron chi connectivity index (χ0n) is 10.9. The van der Waals surface area contributed by atoms with E-state index in [4.69, 9.17) is 14.9 Å². The van der Waals surface area contributed by atoms with Gasteiger partial charge >= 0.3 is 11.9 Å². The van der Waals surface area contributed by atoms with Crippen LogP contribution in [0.3, 0.4) is 0 Å². The molecular weight excluding hydrogens is 238 g/mol. The Morgan fingerprint density at radius 3 is 1.89 bits per heavy atom. The van der Waals surface area contributed by atoms with Crippen molar-refractivity contribution in [3.63, 3.8) is 0 Å². The number of carbonyl (C=O) groups excluding carboxylic acids is 1. The van der Waals surface area contributed by atoms with Crippen LogP contribution in [0.2, 0.25) is 0 Å². The van der Waals surface area contributed by atoms with E-state index in [1.807, 2.05) is 0 Å². The van der Waals surface area contributed by atoms with E-state index in [1.165, 1.54) is 0 Å². The van der Waals surface area contributed by atoms with Gasteiger partial charge in [0, 0.05) is 12.8 Å². The Morgan fingerprint density at radius 2 is 1.39 bits per heavy atom. The summed E-state index contributed by atoms with van der Waals surface area (Å²) < 4.78 is 4.71. The summed E-state index contributed by atoms with van der Waals surface area (Å²) in [5, 5.41) is 16.8. The molecule has 108 valence electrons. The highest BCUT2D eigenvalue weighted by molar-refractivity contribution is 5.69. The first-order valence-corrected chi connectivity index (χ1v) is 6.15. The number of unbranched alkanes of at least 4 members (excludes halogenated alkanes) is 5. The topological polar surface area (TPSA) is 119 Å². The molecule has 5 N–H and O–H groups in total. The maximum Gasteiger partial charge on any atom is 0.305 e. The molecule has 0 saturated carbocycles. The number of aliphatic hydroxyl groups is 1. The van der Waals surface area contributed by atoms with E-state index in [9.17, 15) is 9.59 Å². The molecule has 0 aromatic heterocycles. The zero-order chi connectivity index (χ0) is 12.9. The Morgan fingerprint density at radius 1 is 0.889 bits per heavy atom. The van der Waals surface area contributed by atoms with Gasteiger partial charge in [0.15, 0.2) is 0 Å². The summed E-state index contributed by atoms with van der Waals surface area (Å²) in [5.41, 5.74) is 0. The van der Waals surface area contributed by atoms with Crippen LogP contribution in [0.25, 0.3) is 0 Å². The number of ether oxygens (including phenoxy) is 1. The van der Waals surface area contributed by atoms with Crippen LogP contribution in [0, 0.1) is 0 Å². The van der Waals surface area contributed by atoms with Gasteiger partial charge < -0.3 is 21.1 Å². The Kier molecular flexibility index (Phi) is 14.9. The third kappa shape index (κ3) is 14.9. The molecule has 6 heteroatoms. The van der Waals surface area contributed by atoms with Gasteiger partial charge in [-0.1, -0.05) is 25.7 Å². The fourth-order valence-corrected chi connectivity index (χ4v) is 1.48.